The van der Waals surface area contributed by atoms with Crippen LogP contribution in [0.15, 0.2) is 0 Å². The highest BCUT2D eigenvalue weighted by atomic mass is 32.1. The van der Waals surface area contributed by atoms with Gasteiger partial charge in [0.15, 0.2) is 0 Å². The lowest BCUT2D eigenvalue weighted by molar-refractivity contribution is -0.138. The number of carboxylic acid groups (broad SMARTS) is 1. The van der Waals surface area contributed by atoms with Crippen LogP contribution in [0.4, 0.5) is 0 Å². The number of aryl methyl sites for hydroxylation is 1. The summed E-state index contributed by atoms with van der Waals surface area (Å²) in [6.45, 7) is 1.80. The first-order chi connectivity index (χ1) is 9.56. The van der Waals surface area contributed by atoms with Crippen LogP contribution >= 0.6 is 11.5 Å². The van der Waals surface area contributed by atoms with E-state index < -0.39 is 5.97 Å². The normalized spacial score (nSPS) is 28.6. The molecular weight excluding hydrogens is 278 g/mol. The van der Waals surface area contributed by atoms with Gasteiger partial charge in [-0.05, 0) is 50.1 Å². The van der Waals surface area contributed by atoms with Crippen LogP contribution in [-0.4, -0.2) is 43.6 Å². The minimum atomic E-state index is -0.739. The van der Waals surface area contributed by atoms with Gasteiger partial charge in [-0.25, -0.2) is 0 Å². The van der Waals surface area contributed by atoms with E-state index in [1.165, 1.54) is 0 Å². The fourth-order valence-corrected chi connectivity index (χ4v) is 4.18. The number of nitrogens with zero attached hydrogens (tertiary/aromatic N) is 3. The van der Waals surface area contributed by atoms with E-state index in [9.17, 15) is 9.59 Å². The summed E-state index contributed by atoms with van der Waals surface area (Å²) in [6.07, 6.45) is 3.80. The first kappa shape index (κ1) is 13.5. The van der Waals surface area contributed by atoms with Crippen molar-refractivity contribution in [2.24, 2.45) is 5.92 Å². The number of carbonyl (C=O) groups is 2. The molecule has 0 spiro atoms. The Morgan fingerprint density at radius 2 is 2.00 bits per heavy atom. The van der Waals surface area contributed by atoms with Gasteiger partial charge in [-0.2, -0.15) is 0 Å². The lowest BCUT2D eigenvalue weighted by Gasteiger charge is -2.38. The average Bonchev–Trinajstić information content (AvgIpc) is 2.90. The Morgan fingerprint density at radius 3 is 2.50 bits per heavy atom. The molecule has 108 valence electrons. The van der Waals surface area contributed by atoms with E-state index in [2.05, 4.69) is 9.59 Å². The zero-order chi connectivity index (χ0) is 14.3. The number of carbonyl (C=O) groups excluding carboxylic acids is 1. The van der Waals surface area contributed by atoms with E-state index in [0.29, 0.717) is 10.6 Å². The molecule has 3 heterocycles. The molecule has 2 unspecified atom stereocenters. The van der Waals surface area contributed by atoms with Gasteiger partial charge in [-0.1, -0.05) is 4.49 Å². The van der Waals surface area contributed by atoms with Gasteiger partial charge in [-0.3, -0.25) is 9.59 Å². The second-order valence-corrected chi connectivity index (χ2v) is 6.47. The summed E-state index contributed by atoms with van der Waals surface area (Å²) in [5.41, 5.74) is 0.687. The van der Waals surface area contributed by atoms with E-state index >= 15 is 0 Å². The molecule has 0 saturated carbocycles. The topological polar surface area (TPSA) is 83.4 Å². The number of rotatable bonds is 3. The Kier molecular flexibility index (Phi) is 3.45. The maximum Gasteiger partial charge on any atom is 0.303 e. The summed E-state index contributed by atoms with van der Waals surface area (Å²) in [5, 5.41) is 12.8. The number of hydrogen-bond acceptors (Lipinski definition) is 5. The Labute approximate surface area is 121 Å². The maximum atomic E-state index is 12.6. The molecule has 1 aromatic heterocycles. The minimum absolute atomic E-state index is 0.0266. The van der Waals surface area contributed by atoms with Crippen molar-refractivity contribution in [3.8, 4) is 0 Å². The van der Waals surface area contributed by atoms with Gasteiger partial charge in [-0.15, -0.1) is 5.10 Å². The Bertz CT molecular complexity index is 531. The molecule has 2 atom stereocenters. The zero-order valence-corrected chi connectivity index (χ0v) is 12.1. The Hall–Kier alpha value is -1.50. The smallest absolute Gasteiger partial charge is 0.303 e. The molecule has 0 aromatic carbocycles. The molecule has 2 fully saturated rings. The Balaban J connectivity index is 1.76. The lowest BCUT2D eigenvalue weighted by atomic mass is 9.88. The minimum Gasteiger partial charge on any atom is -0.481 e. The van der Waals surface area contributed by atoms with Crippen molar-refractivity contribution in [2.45, 2.75) is 51.1 Å². The number of piperidine rings is 1. The molecule has 7 heteroatoms. The van der Waals surface area contributed by atoms with Crippen LogP contribution in [-0.2, 0) is 4.79 Å². The molecule has 1 amide bonds. The van der Waals surface area contributed by atoms with Gasteiger partial charge < -0.3 is 10.0 Å². The van der Waals surface area contributed by atoms with Crippen LogP contribution in [0.1, 0.15) is 47.5 Å². The standard InChI is InChI=1S/C13H17N3O3S/c1-7-12(20-15-14-7)13(19)16-9-2-3-10(16)5-8(4-9)6-11(17)18/h8-10H,2-6H2,1H3,(H,17,18). The average molecular weight is 295 g/mol. The number of aliphatic carboxylic acids is 1. The third-order valence-electron chi connectivity index (χ3n) is 4.37. The predicted octanol–water partition coefficient (Wildman–Crippen LogP) is 1.70. The van der Waals surface area contributed by atoms with E-state index in [0.717, 1.165) is 37.2 Å². The molecule has 2 aliphatic rings. The first-order valence-corrected chi connectivity index (χ1v) is 7.67. The second kappa shape index (κ2) is 5.12. The summed E-state index contributed by atoms with van der Waals surface area (Å²) >= 11 is 1.15. The van der Waals surface area contributed by atoms with Crippen LogP contribution in [0.3, 0.4) is 0 Å². The van der Waals surface area contributed by atoms with Gasteiger partial charge >= 0.3 is 5.97 Å². The summed E-state index contributed by atoms with van der Waals surface area (Å²) in [5.74, 6) is -0.509. The van der Waals surface area contributed by atoms with Crippen molar-refractivity contribution in [1.82, 2.24) is 14.5 Å². The largest absolute Gasteiger partial charge is 0.481 e. The summed E-state index contributed by atoms with van der Waals surface area (Å²) < 4.78 is 3.83. The Morgan fingerprint density at radius 1 is 1.35 bits per heavy atom. The third-order valence-corrected chi connectivity index (χ3v) is 5.19. The van der Waals surface area contributed by atoms with Crippen molar-refractivity contribution >= 4 is 23.4 Å². The first-order valence-electron chi connectivity index (χ1n) is 6.89. The van der Waals surface area contributed by atoms with E-state index in [1.807, 2.05) is 4.90 Å². The van der Waals surface area contributed by atoms with Crippen LogP contribution in [0.25, 0.3) is 0 Å². The predicted molar refractivity (Wildman–Crippen MR) is 72.6 cm³/mol. The molecule has 2 saturated heterocycles. The van der Waals surface area contributed by atoms with Gasteiger partial charge in [0.2, 0.25) is 0 Å². The molecule has 20 heavy (non-hydrogen) atoms. The maximum absolute atomic E-state index is 12.6. The molecule has 1 aromatic rings. The van der Waals surface area contributed by atoms with E-state index in [1.54, 1.807) is 6.92 Å². The van der Waals surface area contributed by atoms with E-state index in [-0.39, 0.29) is 30.3 Å². The SMILES string of the molecule is Cc1nnsc1C(=O)N1C2CCC1CC(CC(=O)O)C2. The summed E-state index contributed by atoms with van der Waals surface area (Å²) in [7, 11) is 0. The molecule has 0 aliphatic carbocycles. The van der Waals surface area contributed by atoms with Gasteiger partial charge in [0.05, 0.1) is 5.69 Å². The quantitative estimate of drug-likeness (QED) is 0.917. The molecule has 6 nitrogen and oxygen atoms in total. The van der Waals surface area contributed by atoms with Crippen LogP contribution in [0.5, 0.6) is 0 Å². The number of fused-ring (bicyclic) bond motifs is 2. The van der Waals surface area contributed by atoms with Crippen LogP contribution in [0, 0.1) is 12.8 Å². The molecule has 3 rings (SSSR count). The van der Waals surface area contributed by atoms with Crippen molar-refractivity contribution < 1.29 is 14.7 Å². The van der Waals surface area contributed by atoms with Crippen LogP contribution in [0.2, 0.25) is 0 Å². The lowest BCUT2D eigenvalue weighted by Crippen LogP contribution is -2.46. The van der Waals surface area contributed by atoms with Crippen molar-refractivity contribution in [3.05, 3.63) is 10.6 Å². The highest BCUT2D eigenvalue weighted by Gasteiger charge is 2.44. The summed E-state index contributed by atoms with van der Waals surface area (Å²) in [4.78, 5) is 26.0. The molecule has 2 bridgehead atoms. The molecule has 1 N–H and O–H groups in total. The zero-order valence-electron chi connectivity index (χ0n) is 11.3. The van der Waals surface area contributed by atoms with Gasteiger partial charge in [0.25, 0.3) is 5.91 Å². The fraction of sp³-hybridized carbons (Fsp3) is 0.692. The number of aromatic nitrogens is 2. The van der Waals surface area contributed by atoms with Crippen LogP contribution < -0.4 is 0 Å². The summed E-state index contributed by atoms with van der Waals surface area (Å²) in [6, 6.07) is 0.374. The van der Waals surface area contributed by atoms with Gasteiger partial charge in [0.1, 0.15) is 4.88 Å². The highest BCUT2D eigenvalue weighted by molar-refractivity contribution is 7.07. The number of amides is 1. The molecule has 2 aliphatic heterocycles. The van der Waals surface area contributed by atoms with Crippen molar-refractivity contribution in [3.63, 3.8) is 0 Å². The fourth-order valence-electron chi connectivity index (χ4n) is 3.58. The number of hydrogen-bond donors (Lipinski definition) is 1. The van der Waals surface area contributed by atoms with Gasteiger partial charge in [0, 0.05) is 18.5 Å². The molecule has 0 radical (unpaired) electrons. The third kappa shape index (κ3) is 2.30. The second-order valence-electron chi connectivity index (χ2n) is 5.72. The number of carboxylic acids is 1. The van der Waals surface area contributed by atoms with E-state index in [4.69, 9.17) is 5.11 Å². The monoisotopic (exact) mass is 295 g/mol. The highest BCUT2D eigenvalue weighted by Crippen LogP contribution is 2.41. The van der Waals surface area contributed by atoms with Crippen molar-refractivity contribution in [2.75, 3.05) is 0 Å². The molecular formula is C13H17N3O3S. The van der Waals surface area contributed by atoms with Crippen molar-refractivity contribution in [1.29, 1.82) is 0 Å².